The number of nitrogens with one attached hydrogen (secondary N) is 2. The Morgan fingerprint density at radius 1 is 1.34 bits per heavy atom. The van der Waals surface area contributed by atoms with Gasteiger partial charge in [0.15, 0.2) is 5.69 Å². The third-order valence-corrected chi connectivity index (χ3v) is 4.64. The number of hydrogen-bond acceptors (Lipinski definition) is 5. The minimum atomic E-state index is -5.08. The summed E-state index contributed by atoms with van der Waals surface area (Å²) in [6.45, 7) is 2.73. The summed E-state index contributed by atoms with van der Waals surface area (Å²) in [5, 5.41) is 16.3. The van der Waals surface area contributed by atoms with Crippen LogP contribution in [0, 0.1) is 6.92 Å². The molecule has 2 amide bonds. The van der Waals surface area contributed by atoms with Gasteiger partial charge in [-0.05, 0) is 25.5 Å². The van der Waals surface area contributed by atoms with Crippen LogP contribution in [-0.4, -0.2) is 67.9 Å². The summed E-state index contributed by atoms with van der Waals surface area (Å²) in [5.41, 5.74) is 0.982. The van der Waals surface area contributed by atoms with Crippen LogP contribution in [0.3, 0.4) is 0 Å². The molecular formula is C19H22F3N5O5. The second kappa shape index (κ2) is 10.1. The third kappa shape index (κ3) is 6.68. The van der Waals surface area contributed by atoms with E-state index in [-0.39, 0.29) is 17.6 Å². The molecule has 2 aromatic heterocycles. The highest BCUT2D eigenvalue weighted by molar-refractivity contribution is 5.92. The van der Waals surface area contributed by atoms with Crippen LogP contribution in [0.2, 0.25) is 0 Å². The molecule has 3 rings (SSSR count). The minimum Gasteiger partial charge on any atom is -0.475 e. The molecule has 1 saturated heterocycles. The van der Waals surface area contributed by atoms with E-state index in [0.29, 0.717) is 31.6 Å². The zero-order valence-electron chi connectivity index (χ0n) is 17.3. The lowest BCUT2D eigenvalue weighted by Gasteiger charge is -2.17. The predicted molar refractivity (Wildman–Crippen MR) is 105 cm³/mol. The number of aryl methyl sites for hydroxylation is 2. The van der Waals surface area contributed by atoms with E-state index in [1.165, 1.54) is 6.07 Å². The topological polar surface area (TPSA) is 137 Å². The highest BCUT2D eigenvalue weighted by atomic mass is 19.4. The zero-order chi connectivity index (χ0) is 24.1. The number of aliphatic carboxylic acids is 1. The molecule has 174 valence electrons. The number of carboxylic acid groups (broad SMARTS) is 1. The Labute approximate surface area is 180 Å². The first-order valence-corrected chi connectivity index (χ1v) is 9.43. The average molecular weight is 457 g/mol. The first-order chi connectivity index (χ1) is 14.9. The number of alkyl halides is 3. The molecule has 0 radical (unpaired) electrons. The van der Waals surface area contributed by atoms with Crippen LogP contribution in [0.25, 0.3) is 0 Å². The predicted octanol–water partition coefficient (Wildman–Crippen LogP) is 0.624. The smallest absolute Gasteiger partial charge is 0.475 e. The third-order valence-electron chi connectivity index (χ3n) is 4.64. The molecule has 0 saturated carbocycles. The number of halogens is 3. The number of likely N-dealkylation sites (tertiary alicyclic amines) is 1. The molecule has 2 aromatic rings. The molecule has 0 aromatic carbocycles. The van der Waals surface area contributed by atoms with Crippen molar-refractivity contribution in [2.75, 3.05) is 13.1 Å². The van der Waals surface area contributed by atoms with Crippen LogP contribution >= 0.6 is 0 Å². The Kier molecular flexibility index (Phi) is 7.78. The summed E-state index contributed by atoms with van der Waals surface area (Å²) >= 11 is 0. The van der Waals surface area contributed by atoms with Gasteiger partial charge >= 0.3 is 12.1 Å². The molecule has 1 atom stereocenters. The summed E-state index contributed by atoms with van der Waals surface area (Å²) < 4.78 is 33.7. The molecule has 13 heteroatoms. The molecule has 1 fully saturated rings. The van der Waals surface area contributed by atoms with Crippen molar-refractivity contribution in [1.82, 2.24) is 25.0 Å². The van der Waals surface area contributed by atoms with Gasteiger partial charge in [-0.3, -0.25) is 19.5 Å². The van der Waals surface area contributed by atoms with E-state index < -0.39 is 23.5 Å². The maximum absolute atomic E-state index is 12.4. The highest BCUT2D eigenvalue weighted by Crippen LogP contribution is 2.13. The van der Waals surface area contributed by atoms with Crippen LogP contribution < -0.4 is 10.7 Å². The highest BCUT2D eigenvalue weighted by Gasteiger charge is 2.38. The quantitative estimate of drug-likeness (QED) is 0.616. The van der Waals surface area contributed by atoms with E-state index in [2.05, 4.69) is 15.5 Å². The molecule has 3 N–H and O–H groups in total. The summed E-state index contributed by atoms with van der Waals surface area (Å²) in [6, 6.07) is 4.99. The van der Waals surface area contributed by atoms with E-state index in [4.69, 9.17) is 9.90 Å². The molecule has 32 heavy (non-hydrogen) atoms. The molecule has 1 aliphatic heterocycles. The molecule has 0 aliphatic carbocycles. The Balaban J connectivity index is 0.000000451. The van der Waals surface area contributed by atoms with Crippen molar-refractivity contribution in [2.45, 2.75) is 32.0 Å². The number of carbonyl (C=O) groups is 3. The second-order valence-electron chi connectivity index (χ2n) is 7.15. The van der Waals surface area contributed by atoms with Gasteiger partial charge in [0.05, 0.1) is 6.42 Å². The van der Waals surface area contributed by atoms with Crippen molar-refractivity contribution in [3.8, 4) is 0 Å². The van der Waals surface area contributed by atoms with Crippen molar-refractivity contribution in [2.24, 2.45) is 7.05 Å². The van der Waals surface area contributed by atoms with E-state index in [0.717, 1.165) is 5.69 Å². The maximum atomic E-state index is 12.4. The van der Waals surface area contributed by atoms with Crippen molar-refractivity contribution in [3.05, 3.63) is 51.7 Å². The van der Waals surface area contributed by atoms with Crippen LogP contribution in [0.15, 0.2) is 29.2 Å². The lowest BCUT2D eigenvalue weighted by Crippen LogP contribution is -2.41. The molecule has 1 aliphatic rings. The molecule has 0 bridgehead atoms. The van der Waals surface area contributed by atoms with E-state index in [1.54, 1.807) is 11.8 Å². The largest absolute Gasteiger partial charge is 0.490 e. The van der Waals surface area contributed by atoms with Crippen molar-refractivity contribution >= 4 is 17.8 Å². The van der Waals surface area contributed by atoms with Crippen molar-refractivity contribution in [1.29, 1.82) is 0 Å². The number of hydrogen-bond donors (Lipinski definition) is 3. The van der Waals surface area contributed by atoms with Crippen LogP contribution in [0.4, 0.5) is 13.2 Å². The summed E-state index contributed by atoms with van der Waals surface area (Å²) in [5.74, 6) is -3.24. The fourth-order valence-corrected chi connectivity index (χ4v) is 2.96. The lowest BCUT2D eigenvalue weighted by molar-refractivity contribution is -0.192. The van der Waals surface area contributed by atoms with Crippen LogP contribution in [0.1, 0.15) is 28.3 Å². The fraction of sp³-hybridized carbons (Fsp3) is 0.421. The standard InChI is InChI=1S/C17H21N5O3.C2HF3O2/c1-11-8-14(23)16(20-19-11)17(25)18-12-5-7-22(10-12)15(24)9-13-4-3-6-21(13)2;3-2(4,5)1(6)7/h3-4,6,8,12H,5,7,9-10H2,1-2H3,(H,18,25)(H,19,23);(H,6,7). The summed E-state index contributed by atoms with van der Waals surface area (Å²) in [7, 11) is 1.90. The number of aromatic amines is 1. The van der Waals surface area contributed by atoms with Crippen molar-refractivity contribution in [3.63, 3.8) is 0 Å². The number of amides is 2. The van der Waals surface area contributed by atoms with Gasteiger partial charge in [0.25, 0.3) is 5.91 Å². The maximum Gasteiger partial charge on any atom is 0.490 e. The average Bonchev–Trinajstić information content (AvgIpc) is 3.30. The summed E-state index contributed by atoms with van der Waals surface area (Å²) in [4.78, 5) is 47.1. The zero-order valence-corrected chi connectivity index (χ0v) is 17.3. The Hall–Kier alpha value is -3.64. The Morgan fingerprint density at radius 2 is 2.00 bits per heavy atom. The molecule has 1 unspecified atom stereocenters. The minimum absolute atomic E-state index is 0.0323. The van der Waals surface area contributed by atoms with Gasteiger partial charge in [-0.1, -0.05) is 0 Å². The van der Waals surface area contributed by atoms with Crippen molar-refractivity contribution < 1.29 is 32.7 Å². The van der Waals surface area contributed by atoms with Gasteiger partial charge in [-0.2, -0.15) is 18.3 Å². The number of H-pyrrole nitrogens is 1. The molecule has 3 heterocycles. The number of nitrogens with zero attached hydrogens (tertiary/aromatic N) is 3. The van der Waals surface area contributed by atoms with E-state index in [1.807, 2.05) is 29.9 Å². The first kappa shape index (κ1) is 24.6. The van der Waals surface area contributed by atoms with Crippen LogP contribution in [-0.2, 0) is 23.1 Å². The SMILES string of the molecule is Cc1cc(=O)c(C(=O)NC2CCN(C(=O)Cc3cccn3C)C2)n[nH]1.O=C(O)C(F)(F)F. The fourth-order valence-electron chi connectivity index (χ4n) is 2.96. The Bertz CT molecular complexity index is 1050. The number of carboxylic acids is 1. The van der Waals surface area contributed by atoms with Gasteiger partial charge in [-0.25, -0.2) is 4.79 Å². The van der Waals surface area contributed by atoms with Gasteiger partial charge in [0.1, 0.15) is 0 Å². The van der Waals surface area contributed by atoms with Gasteiger partial charge < -0.3 is 19.9 Å². The number of carbonyl (C=O) groups excluding carboxylic acids is 2. The normalized spacial score (nSPS) is 15.7. The first-order valence-electron chi connectivity index (χ1n) is 9.43. The number of rotatable bonds is 4. The van der Waals surface area contributed by atoms with E-state index in [9.17, 15) is 27.6 Å². The second-order valence-corrected chi connectivity index (χ2v) is 7.15. The van der Waals surface area contributed by atoms with Gasteiger partial charge in [-0.15, -0.1) is 0 Å². The van der Waals surface area contributed by atoms with Gasteiger partial charge in [0, 0.05) is 49.8 Å². The molecule has 10 nitrogen and oxygen atoms in total. The lowest BCUT2D eigenvalue weighted by atomic mass is 10.2. The molecular weight excluding hydrogens is 435 g/mol. The van der Waals surface area contributed by atoms with Gasteiger partial charge in [0.2, 0.25) is 11.3 Å². The summed E-state index contributed by atoms with van der Waals surface area (Å²) in [6.07, 6.45) is -2.18. The number of aromatic nitrogens is 3. The van der Waals surface area contributed by atoms with E-state index >= 15 is 0 Å². The molecule has 0 spiro atoms. The monoisotopic (exact) mass is 457 g/mol. The van der Waals surface area contributed by atoms with Crippen LogP contribution in [0.5, 0.6) is 0 Å². The Morgan fingerprint density at radius 3 is 2.53 bits per heavy atom.